The smallest absolute Gasteiger partial charge is 0.278 e. The lowest BCUT2D eigenvalue weighted by molar-refractivity contribution is 0.102. The summed E-state index contributed by atoms with van der Waals surface area (Å²) in [5.41, 5.74) is 2.56. The van der Waals surface area contributed by atoms with Crippen LogP contribution in [-0.2, 0) is 0 Å². The van der Waals surface area contributed by atoms with E-state index in [1.165, 1.54) is 0 Å². The molecule has 8 nitrogen and oxygen atoms in total. The van der Waals surface area contributed by atoms with Crippen LogP contribution < -0.4 is 10.6 Å². The van der Waals surface area contributed by atoms with Gasteiger partial charge in [-0.2, -0.15) is 0 Å². The van der Waals surface area contributed by atoms with Crippen LogP contribution >= 0.6 is 12.4 Å². The van der Waals surface area contributed by atoms with Gasteiger partial charge in [-0.1, -0.05) is 35.5 Å². The SMILES string of the molecule is Cc1c(C(=O)Nc2cnc(-c3ccccc3)nc2)nnn1C1CCNCC1.Cl. The fourth-order valence-electron chi connectivity index (χ4n) is 3.27. The number of benzene rings is 1. The molecule has 0 bridgehead atoms. The number of piperidine rings is 1. The van der Waals surface area contributed by atoms with Crippen LogP contribution in [0.3, 0.4) is 0 Å². The van der Waals surface area contributed by atoms with Crippen LogP contribution in [0.1, 0.15) is 35.1 Å². The molecule has 1 aliphatic heterocycles. The van der Waals surface area contributed by atoms with Gasteiger partial charge in [0, 0.05) is 5.56 Å². The molecule has 9 heteroatoms. The number of aromatic nitrogens is 5. The lowest BCUT2D eigenvalue weighted by Crippen LogP contribution is -2.30. The molecule has 1 amide bonds. The van der Waals surface area contributed by atoms with Crippen molar-refractivity contribution in [2.45, 2.75) is 25.8 Å². The molecule has 0 radical (unpaired) electrons. The molecule has 0 saturated carbocycles. The molecule has 0 aliphatic carbocycles. The Morgan fingerprint density at radius 1 is 1.14 bits per heavy atom. The fraction of sp³-hybridized carbons (Fsp3) is 0.316. The van der Waals surface area contributed by atoms with Gasteiger partial charge in [0.05, 0.1) is 29.8 Å². The zero-order valence-corrected chi connectivity index (χ0v) is 16.3. The van der Waals surface area contributed by atoms with Gasteiger partial charge < -0.3 is 10.6 Å². The van der Waals surface area contributed by atoms with Gasteiger partial charge in [0.2, 0.25) is 0 Å². The maximum atomic E-state index is 12.6. The second-order valence-corrected chi connectivity index (χ2v) is 6.56. The molecule has 0 spiro atoms. The molecular weight excluding hydrogens is 378 g/mol. The van der Waals surface area contributed by atoms with Gasteiger partial charge in [-0.25, -0.2) is 14.6 Å². The normalized spacial score (nSPS) is 14.3. The minimum atomic E-state index is -0.302. The molecule has 28 heavy (non-hydrogen) atoms. The molecule has 2 N–H and O–H groups in total. The molecule has 2 aromatic heterocycles. The first-order valence-corrected chi connectivity index (χ1v) is 9.03. The first-order valence-electron chi connectivity index (χ1n) is 9.03. The highest BCUT2D eigenvalue weighted by atomic mass is 35.5. The Labute approximate surface area is 169 Å². The molecule has 0 atom stereocenters. The van der Waals surface area contributed by atoms with Crippen LogP contribution in [0.4, 0.5) is 5.69 Å². The Hall–Kier alpha value is -2.84. The molecule has 146 valence electrons. The van der Waals surface area contributed by atoms with E-state index in [1.54, 1.807) is 12.4 Å². The van der Waals surface area contributed by atoms with Crippen LogP contribution in [0.2, 0.25) is 0 Å². The fourth-order valence-corrected chi connectivity index (χ4v) is 3.27. The summed E-state index contributed by atoms with van der Waals surface area (Å²) in [5.74, 6) is 0.311. The molecular formula is C19H22ClN7O. The molecule has 4 rings (SSSR count). The van der Waals surface area contributed by atoms with Gasteiger partial charge >= 0.3 is 0 Å². The van der Waals surface area contributed by atoms with E-state index >= 15 is 0 Å². The van der Waals surface area contributed by atoms with Gasteiger partial charge in [-0.15, -0.1) is 17.5 Å². The second-order valence-electron chi connectivity index (χ2n) is 6.56. The standard InChI is InChI=1S/C19H21N7O.ClH/c1-13-17(24-25-26(13)16-7-9-20-10-8-16)19(27)23-15-11-21-18(22-12-15)14-5-3-2-4-6-14;/h2-6,11-12,16,20H,7-10H2,1H3,(H,23,27);1H. The van der Waals surface area contributed by atoms with Crippen molar-refractivity contribution in [3.05, 3.63) is 54.1 Å². The molecule has 1 saturated heterocycles. The van der Waals surface area contributed by atoms with E-state index in [0.717, 1.165) is 37.2 Å². The van der Waals surface area contributed by atoms with Crippen molar-refractivity contribution in [3.8, 4) is 11.4 Å². The zero-order valence-electron chi connectivity index (χ0n) is 15.5. The summed E-state index contributed by atoms with van der Waals surface area (Å²) in [6.45, 7) is 3.79. The molecule has 3 aromatic rings. The van der Waals surface area contributed by atoms with E-state index in [2.05, 4.69) is 30.9 Å². The summed E-state index contributed by atoms with van der Waals surface area (Å²) in [5, 5.41) is 14.4. The molecule has 0 unspecified atom stereocenters. The largest absolute Gasteiger partial charge is 0.318 e. The maximum Gasteiger partial charge on any atom is 0.278 e. The predicted octanol–water partition coefficient (Wildman–Crippen LogP) is 2.64. The number of carbonyl (C=O) groups excluding carboxylic acids is 1. The highest BCUT2D eigenvalue weighted by Crippen LogP contribution is 2.21. The first kappa shape index (κ1) is 19.9. The number of halogens is 1. The van der Waals surface area contributed by atoms with Gasteiger partial charge in [-0.3, -0.25) is 4.79 Å². The number of nitrogens with one attached hydrogen (secondary N) is 2. The van der Waals surface area contributed by atoms with Crippen molar-refractivity contribution in [2.75, 3.05) is 18.4 Å². The highest BCUT2D eigenvalue weighted by Gasteiger charge is 2.23. The average Bonchev–Trinajstić information content (AvgIpc) is 3.11. The lowest BCUT2D eigenvalue weighted by atomic mass is 10.1. The zero-order chi connectivity index (χ0) is 18.6. The third kappa shape index (κ3) is 4.18. The number of hydrogen-bond acceptors (Lipinski definition) is 6. The summed E-state index contributed by atoms with van der Waals surface area (Å²) < 4.78 is 1.87. The first-order chi connectivity index (χ1) is 13.2. The third-order valence-electron chi connectivity index (χ3n) is 4.74. The van der Waals surface area contributed by atoms with Crippen LogP contribution in [0.15, 0.2) is 42.7 Å². The average molecular weight is 400 g/mol. The summed E-state index contributed by atoms with van der Waals surface area (Å²) >= 11 is 0. The number of nitrogens with zero attached hydrogens (tertiary/aromatic N) is 5. The van der Waals surface area contributed by atoms with Crippen molar-refractivity contribution < 1.29 is 4.79 Å². The minimum Gasteiger partial charge on any atom is -0.318 e. The van der Waals surface area contributed by atoms with Crippen LogP contribution in [0, 0.1) is 6.92 Å². The topological polar surface area (TPSA) is 97.6 Å². The molecule has 1 fully saturated rings. The summed E-state index contributed by atoms with van der Waals surface area (Å²) in [6, 6.07) is 9.98. The Balaban J connectivity index is 0.00000225. The monoisotopic (exact) mass is 399 g/mol. The summed E-state index contributed by atoms with van der Waals surface area (Å²) in [4.78, 5) is 21.2. The predicted molar refractivity (Wildman–Crippen MR) is 109 cm³/mol. The van der Waals surface area contributed by atoms with Crippen molar-refractivity contribution in [1.82, 2.24) is 30.3 Å². The molecule has 1 aromatic carbocycles. The number of anilines is 1. The van der Waals surface area contributed by atoms with Crippen LogP contribution in [0.5, 0.6) is 0 Å². The Kier molecular flexibility index (Phi) is 6.33. The Morgan fingerprint density at radius 3 is 2.50 bits per heavy atom. The van der Waals surface area contributed by atoms with E-state index in [-0.39, 0.29) is 24.4 Å². The van der Waals surface area contributed by atoms with Crippen molar-refractivity contribution >= 4 is 24.0 Å². The number of hydrogen-bond donors (Lipinski definition) is 2. The number of carbonyl (C=O) groups is 1. The highest BCUT2D eigenvalue weighted by molar-refractivity contribution is 6.03. The third-order valence-corrected chi connectivity index (χ3v) is 4.74. The number of rotatable bonds is 4. The number of amides is 1. The van der Waals surface area contributed by atoms with E-state index in [9.17, 15) is 4.79 Å². The van der Waals surface area contributed by atoms with Gasteiger partial charge in [-0.05, 0) is 32.9 Å². The van der Waals surface area contributed by atoms with Gasteiger partial charge in [0.1, 0.15) is 0 Å². The van der Waals surface area contributed by atoms with E-state index < -0.39 is 0 Å². The Morgan fingerprint density at radius 2 is 1.82 bits per heavy atom. The van der Waals surface area contributed by atoms with E-state index in [0.29, 0.717) is 17.2 Å². The van der Waals surface area contributed by atoms with E-state index in [4.69, 9.17) is 0 Å². The lowest BCUT2D eigenvalue weighted by Gasteiger charge is -2.23. The van der Waals surface area contributed by atoms with Crippen molar-refractivity contribution in [1.29, 1.82) is 0 Å². The second kappa shape index (κ2) is 8.90. The molecule has 1 aliphatic rings. The van der Waals surface area contributed by atoms with Crippen LogP contribution in [-0.4, -0.2) is 44.0 Å². The minimum absolute atomic E-state index is 0. The van der Waals surface area contributed by atoms with Crippen LogP contribution in [0.25, 0.3) is 11.4 Å². The summed E-state index contributed by atoms with van der Waals surface area (Å²) in [7, 11) is 0. The molecule has 3 heterocycles. The van der Waals surface area contributed by atoms with Crippen molar-refractivity contribution in [2.24, 2.45) is 0 Å². The van der Waals surface area contributed by atoms with Crippen molar-refractivity contribution in [3.63, 3.8) is 0 Å². The maximum absolute atomic E-state index is 12.6. The Bertz CT molecular complexity index is 921. The van der Waals surface area contributed by atoms with Gasteiger partial charge in [0.25, 0.3) is 5.91 Å². The van der Waals surface area contributed by atoms with E-state index in [1.807, 2.05) is 41.9 Å². The van der Waals surface area contributed by atoms with Gasteiger partial charge in [0.15, 0.2) is 11.5 Å². The summed E-state index contributed by atoms with van der Waals surface area (Å²) in [6.07, 6.45) is 5.17. The quantitative estimate of drug-likeness (QED) is 0.699.